The van der Waals surface area contributed by atoms with Gasteiger partial charge in [0.25, 0.3) is 0 Å². The Kier molecular flexibility index (Phi) is 4.18. The van der Waals surface area contributed by atoms with E-state index < -0.39 is 0 Å². The second-order valence-corrected chi connectivity index (χ2v) is 4.99. The zero-order valence-electron chi connectivity index (χ0n) is 10.1. The van der Waals surface area contributed by atoms with Gasteiger partial charge in [-0.3, -0.25) is 0 Å². The number of rotatable bonds is 5. The Morgan fingerprint density at radius 3 is 2.59 bits per heavy atom. The molecule has 0 radical (unpaired) electrons. The molecule has 1 atom stereocenters. The number of nitrogens with one attached hydrogen (secondary N) is 1. The third-order valence-corrected chi connectivity index (χ3v) is 3.65. The molecule has 1 heterocycles. The van der Waals surface area contributed by atoms with Gasteiger partial charge in [0.05, 0.1) is 7.11 Å². The Balaban J connectivity index is 1.92. The monoisotopic (exact) mass is 247 g/mol. The molecule has 0 bridgehead atoms. The second-order valence-electron chi connectivity index (χ2n) is 3.96. The van der Waals surface area contributed by atoms with Gasteiger partial charge in [0.1, 0.15) is 5.75 Å². The van der Waals surface area contributed by atoms with Gasteiger partial charge in [-0.05, 0) is 36.1 Å². The first-order chi connectivity index (χ1) is 8.29. The lowest BCUT2D eigenvalue weighted by molar-refractivity contribution is 0.414. The molecule has 17 heavy (non-hydrogen) atoms. The molecule has 3 heteroatoms. The standard InChI is InChI=1S/C14H17NOS/c1-11(15-10-14-4-3-9-17-14)12-5-7-13(16-2)8-6-12/h3-9,11,15H,10H2,1-2H3/t11-/m1/s1. The smallest absolute Gasteiger partial charge is 0.118 e. The zero-order valence-corrected chi connectivity index (χ0v) is 11.0. The molecule has 0 saturated heterocycles. The molecule has 0 aliphatic rings. The van der Waals surface area contributed by atoms with E-state index in [-0.39, 0.29) is 0 Å². The van der Waals surface area contributed by atoms with E-state index >= 15 is 0 Å². The average Bonchev–Trinajstić information content (AvgIpc) is 2.89. The van der Waals surface area contributed by atoms with E-state index in [4.69, 9.17) is 4.74 Å². The molecule has 0 amide bonds. The maximum Gasteiger partial charge on any atom is 0.118 e. The molecule has 0 fully saturated rings. The minimum atomic E-state index is 0.350. The molecular weight excluding hydrogens is 230 g/mol. The molecule has 1 N–H and O–H groups in total. The minimum Gasteiger partial charge on any atom is -0.497 e. The van der Waals surface area contributed by atoms with Crippen LogP contribution in [0.15, 0.2) is 41.8 Å². The Bertz CT molecular complexity index is 436. The molecule has 1 aromatic carbocycles. The Labute approximate surface area is 106 Å². The predicted molar refractivity (Wildman–Crippen MR) is 72.6 cm³/mol. The van der Waals surface area contributed by atoms with Gasteiger partial charge < -0.3 is 10.1 Å². The van der Waals surface area contributed by atoms with E-state index in [1.165, 1.54) is 10.4 Å². The molecule has 2 nitrogen and oxygen atoms in total. The molecule has 0 saturated carbocycles. The van der Waals surface area contributed by atoms with Crippen molar-refractivity contribution in [2.75, 3.05) is 7.11 Å². The normalized spacial score (nSPS) is 12.4. The maximum atomic E-state index is 5.15. The fourth-order valence-electron chi connectivity index (χ4n) is 1.68. The van der Waals surface area contributed by atoms with Crippen molar-refractivity contribution in [3.8, 4) is 5.75 Å². The highest BCUT2D eigenvalue weighted by atomic mass is 32.1. The van der Waals surface area contributed by atoms with Gasteiger partial charge in [-0.2, -0.15) is 0 Å². The largest absolute Gasteiger partial charge is 0.497 e. The first kappa shape index (κ1) is 12.1. The SMILES string of the molecule is COc1ccc([C@@H](C)NCc2cccs2)cc1. The topological polar surface area (TPSA) is 21.3 Å². The van der Waals surface area contributed by atoms with Gasteiger partial charge in [-0.25, -0.2) is 0 Å². The molecule has 2 aromatic rings. The maximum absolute atomic E-state index is 5.15. The van der Waals surface area contributed by atoms with Crippen LogP contribution < -0.4 is 10.1 Å². The highest BCUT2D eigenvalue weighted by Crippen LogP contribution is 2.18. The van der Waals surface area contributed by atoms with Crippen molar-refractivity contribution in [3.63, 3.8) is 0 Å². The van der Waals surface area contributed by atoms with Crippen LogP contribution in [0.5, 0.6) is 5.75 Å². The molecule has 0 aliphatic heterocycles. The van der Waals surface area contributed by atoms with E-state index in [1.807, 2.05) is 12.1 Å². The van der Waals surface area contributed by atoms with Crippen LogP contribution in [0.3, 0.4) is 0 Å². The minimum absolute atomic E-state index is 0.350. The van der Waals surface area contributed by atoms with Crippen molar-refractivity contribution in [1.29, 1.82) is 0 Å². The van der Waals surface area contributed by atoms with E-state index in [2.05, 4.69) is 41.9 Å². The van der Waals surface area contributed by atoms with E-state index in [1.54, 1.807) is 18.4 Å². The summed E-state index contributed by atoms with van der Waals surface area (Å²) in [5.74, 6) is 0.902. The molecular formula is C14H17NOS. The highest BCUT2D eigenvalue weighted by molar-refractivity contribution is 7.09. The van der Waals surface area contributed by atoms with E-state index in [9.17, 15) is 0 Å². The van der Waals surface area contributed by atoms with E-state index in [0.29, 0.717) is 6.04 Å². The third-order valence-electron chi connectivity index (χ3n) is 2.78. The van der Waals surface area contributed by atoms with Crippen LogP contribution in [0.4, 0.5) is 0 Å². The Morgan fingerprint density at radius 1 is 1.24 bits per heavy atom. The fraction of sp³-hybridized carbons (Fsp3) is 0.286. The lowest BCUT2D eigenvalue weighted by Gasteiger charge is -2.14. The van der Waals surface area contributed by atoms with Crippen LogP contribution in [0.2, 0.25) is 0 Å². The Morgan fingerprint density at radius 2 is 2.00 bits per heavy atom. The van der Waals surface area contributed by atoms with Crippen LogP contribution in [-0.2, 0) is 6.54 Å². The van der Waals surface area contributed by atoms with Crippen molar-refractivity contribution < 1.29 is 4.74 Å². The highest BCUT2D eigenvalue weighted by Gasteiger charge is 2.05. The van der Waals surface area contributed by atoms with Crippen molar-refractivity contribution >= 4 is 11.3 Å². The van der Waals surface area contributed by atoms with Crippen molar-refractivity contribution in [2.45, 2.75) is 19.5 Å². The van der Waals surface area contributed by atoms with E-state index in [0.717, 1.165) is 12.3 Å². The molecule has 0 spiro atoms. The summed E-state index contributed by atoms with van der Waals surface area (Å²) in [6, 6.07) is 12.8. The van der Waals surface area contributed by atoms with Gasteiger partial charge in [0.15, 0.2) is 0 Å². The first-order valence-electron chi connectivity index (χ1n) is 5.69. The summed E-state index contributed by atoms with van der Waals surface area (Å²) in [5, 5.41) is 5.61. The molecule has 0 unspecified atom stereocenters. The zero-order chi connectivity index (χ0) is 12.1. The van der Waals surface area contributed by atoms with Gasteiger partial charge in [0, 0.05) is 17.5 Å². The summed E-state index contributed by atoms with van der Waals surface area (Å²) in [6.45, 7) is 3.10. The van der Waals surface area contributed by atoms with Crippen molar-refractivity contribution in [2.24, 2.45) is 0 Å². The second kappa shape index (κ2) is 5.84. The third kappa shape index (κ3) is 3.32. The Hall–Kier alpha value is -1.32. The van der Waals surface area contributed by atoms with Crippen LogP contribution >= 0.6 is 11.3 Å². The average molecular weight is 247 g/mol. The predicted octanol–water partition coefficient (Wildman–Crippen LogP) is 3.61. The van der Waals surface area contributed by atoms with Crippen LogP contribution in [0.25, 0.3) is 0 Å². The number of hydrogen-bond donors (Lipinski definition) is 1. The quantitative estimate of drug-likeness (QED) is 0.871. The summed E-state index contributed by atoms with van der Waals surface area (Å²) in [7, 11) is 1.69. The molecule has 90 valence electrons. The van der Waals surface area contributed by atoms with Crippen LogP contribution in [0, 0.1) is 0 Å². The van der Waals surface area contributed by atoms with Crippen molar-refractivity contribution in [1.82, 2.24) is 5.32 Å². The lowest BCUT2D eigenvalue weighted by atomic mass is 10.1. The summed E-state index contributed by atoms with van der Waals surface area (Å²) >= 11 is 1.78. The number of hydrogen-bond acceptors (Lipinski definition) is 3. The number of thiophene rings is 1. The van der Waals surface area contributed by atoms with Crippen molar-refractivity contribution in [3.05, 3.63) is 52.2 Å². The summed E-state index contributed by atoms with van der Waals surface area (Å²) in [4.78, 5) is 1.37. The lowest BCUT2D eigenvalue weighted by Crippen LogP contribution is -2.17. The molecule has 2 rings (SSSR count). The molecule has 1 aromatic heterocycles. The van der Waals surface area contributed by atoms with Crippen LogP contribution in [-0.4, -0.2) is 7.11 Å². The van der Waals surface area contributed by atoms with Gasteiger partial charge >= 0.3 is 0 Å². The van der Waals surface area contributed by atoms with Crippen LogP contribution in [0.1, 0.15) is 23.4 Å². The molecule has 0 aliphatic carbocycles. The fourth-order valence-corrected chi connectivity index (χ4v) is 2.33. The first-order valence-corrected chi connectivity index (χ1v) is 6.57. The van der Waals surface area contributed by atoms with Gasteiger partial charge in [0.2, 0.25) is 0 Å². The van der Waals surface area contributed by atoms with Gasteiger partial charge in [-0.1, -0.05) is 18.2 Å². The number of methoxy groups -OCH3 is 1. The van der Waals surface area contributed by atoms with Gasteiger partial charge in [-0.15, -0.1) is 11.3 Å². The number of ether oxygens (including phenoxy) is 1. The summed E-state index contributed by atoms with van der Waals surface area (Å²) < 4.78 is 5.15. The summed E-state index contributed by atoms with van der Waals surface area (Å²) in [6.07, 6.45) is 0. The summed E-state index contributed by atoms with van der Waals surface area (Å²) in [5.41, 5.74) is 1.28. The number of benzene rings is 1.